The topological polar surface area (TPSA) is 29.1 Å². The Morgan fingerprint density at radius 1 is 1.38 bits per heavy atom. The third kappa shape index (κ3) is 4.25. The van der Waals surface area contributed by atoms with Crippen LogP contribution in [0.2, 0.25) is 10.0 Å². The van der Waals surface area contributed by atoms with Crippen molar-refractivity contribution in [3.8, 4) is 0 Å². The van der Waals surface area contributed by atoms with Crippen LogP contribution in [-0.2, 0) is 4.79 Å². The molecule has 0 aromatic heterocycles. The van der Waals surface area contributed by atoms with Crippen molar-refractivity contribution in [1.29, 1.82) is 0 Å². The van der Waals surface area contributed by atoms with Crippen LogP contribution in [0.1, 0.15) is 19.4 Å². The monoisotopic (exact) mass is 257 g/mol. The van der Waals surface area contributed by atoms with Crippen LogP contribution in [0.4, 0.5) is 0 Å². The first kappa shape index (κ1) is 13.1. The molecule has 86 valence electrons. The Bertz CT molecular complexity index is 413. The minimum Gasteiger partial charge on any atom is -0.350 e. The molecular formula is C12H13Cl2NO. The highest BCUT2D eigenvalue weighted by molar-refractivity contribution is 6.34. The normalized spacial score (nSPS) is 11.1. The second kappa shape index (κ2) is 5.92. The van der Waals surface area contributed by atoms with Gasteiger partial charge in [-0.25, -0.2) is 0 Å². The predicted octanol–water partition coefficient (Wildman–Crippen LogP) is 3.53. The van der Waals surface area contributed by atoms with Crippen LogP contribution in [0.25, 0.3) is 6.08 Å². The summed E-state index contributed by atoms with van der Waals surface area (Å²) in [6, 6.07) is 5.23. The number of nitrogens with one attached hydrogen (secondary N) is 1. The van der Waals surface area contributed by atoms with E-state index in [1.807, 2.05) is 13.8 Å². The third-order valence-corrected chi connectivity index (χ3v) is 2.38. The van der Waals surface area contributed by atoms with Crippen molar-refractivity contribution in [3.63, 3.8) is 0 Å². The number of hydrogen-bond donors (Lipinski definition) is 1. The van der Waals surface area contributed by atoms with Crippen molar-refractivity contribution < 1.29 is 4.79 Å². The fourth-order valence-corrected chi connectivity index (χ4v) is 1.50. The molecule has 0 aliphatic rings. The Morgan fingerprint density at radius 3 is 2.69 bits per heavy atom. The summed E-state index contributed by atoms with van der Waals surface area (Å²) in [5, 5.41) is 3.90. The first-order valence-electron chi connectivity index (χ1n) is 4.92. The maximum atomic E-state index is 11.3. The first-order valence-corrected chi connectivity index (χ1v) is 5.68. The van der Waals surface area contributed by atoms with Gasteiger partial charge in [-0.15, -0.1) is 0 Å². The van der Waals surface area contributed by atoms with Gasteiger partial charge in [-0.05, 0) is 43.7 Å². The SMILES string of the molecule is CC(C)NC(=O)/C=C/c1cc(Cl)ccc1Cl. The molecular weight excluding hydrogens is 245 g/mol. The molecule has 2 nitrogen and oxygen atoms in total. The quantitative estimate of drug-likeness (QED) is 0.825. The molecule has 0 atom stereocenters. The molecule has 0 fully saturated rings. The van der Waals surface area contributed by atoms with Gasteiger partial charge in [-0.3, -0.25) is 4.79 Å². The summed E-state index contributed by atoms with van der Waals surface area (Å²) in [6.45, 7) is 3.80. The minimum atomic E-state index is -0.147. The second-order valence-corrected chi connectivity index (χ2v) is 4.51. The van der Waals surface area contributed by atoms with E-state index in [1.54, 1.807) is 24.3 Å². The van der Waals surface area contributed by atoms with Gasteiger partial charge in [0.25, 0.3) is 0 Å². The number of benzene rings is 1. The Hall–Kier alpha value is -0.990. The van der Waals surface area contributed by atoms with Gasteiger partial charge < -0.3 is 5.32 Å². The highest BCUT2D eigenvalue weighted by atomic mass is 35.5. The summed E-state index contributed by atoms with van der Waals surface area (Å²) in [7, 11) is 0. The van der Waals surface area contributed by atoms with E-state index < -0.39 is 0 Å². The van der Waals surface area contributed by atoms with Gasteiger partial charge in [-0.2, -0.15) is 0 Å². The molecule has 0 heterocycles. The van der Waals surface area contributed by atoms with Crippen LogP contribution in [0.5, 0.6) is 0 Å². The average Bonchev–Trinajstić information content (AvgIpc) is 2.18. The van der Waals surface area contributed by atoms with Gasteiger partial charge in [0, 0.05) is 22.2 Å². The lowest BCUT2D eigenvalue weighted by Crippen LogP contribution is -2.28. The molecule has 0 aliphatic carbocycles. The van der Waals surface area contributed by atoms with Crippen LogP contribution >= 0.6 is 23.2 Å². The lowest BCUT2D eigenvalue weighted by Gasteiger charge is -2.04. The molecule has 1 N–H and O–H groups in total. The van der Waals surface area contributed by atoms with Gasteiger partial charge in [0.2, 0.25) is 5.91 Å². The molecule has 0 bridgehead atoms. The van der Waals surface area contributed by atoms with Crippen molar-refractivity contribution in [2.45, 2.75) is 19.9 Å². The zero-order valence-electron chi connectivity index (χ0n) is 9.13. The van der Waals surface area contributed by atoms with Crippen molar-refractivity contribution in [1.82, 2.24) is 5.32 Å². The van der Waals surface area contributed by atoms with Gasteiger partial charge in [0.1, 0.15) is 0 Å². The lowest BCUT2D eigenvalue weighted by atomic mass is 10.2. The number of halogens is 2. The van der Waals surface area contributed by atoms with Crippen molar-refractivity contribution >= 4 is 35.2 Å². The van der Waals surface area contributed by atoms with E-state index in [-0.39, 0.29) is 11.9 Å². The smallest absolute Gasteiger partial charge is 0.244 e. The molecule has 0 aliphatic heterocycles. The van der Waals surface area contributed by atoms with Crippen molar-refractivity contribution in [2.75, 3.05) is 0 Å². The number of carbonyl (C=O) groups is 1. The molecule has 1 rings (SSSR count). The molecule has 16 heavy (non-hydrogen) atoms. The van der Waals surface area contributed by atoms with Crippen LogP contribution in [0.15, 0.2) is 24.3 Å². The summed E-state index contributed by atoms with van der Waals surface area (Å²) in [5.41, 5.74) is 0.730. The molecule has 0 unspecified atom stereocenters. The van der Waals surface area contributed by atoms with E-state index >= 15 is 0 Å². The molecule has 4 heteroatoms. The van der Waals surface area contributed by atoms with E-state index in [0.29, 0.717) is 10.0 Å². The first-order chi connectivity index (χ1) is 7.49. The maximum Gasteiger partial charge on any atom is 0.244 e. The highest BCUT2D eigenvalue weighted by Crippen LogP contribution is 2.21. The fraction of sp³-hybridized carbons (Fsp3) is 0.250. The van der Waals surface area contributed by atoms with E-state index in [0.717, 1.165) is 5.56 Å². The summed E-state index contributed by atoms with van der Waals surface area (Å²) >= 11 is 11.8. The Balaban J connectivity index is 2.76. The molecule has 0 radical (unpaired) electrons. The predicted molar refractivity (Wildman–Crippen MR) is 68.8 cm³/mol. The molecule has 1 aromatic carbocycles. The summed E-state index contributed by atoms with van der Waals surface area (Å²) in [6.07, 6.45) is 3.09. The molecule has 0 spiro atoms. The highest BCUT2D eigenvalue weighted by Gasteiger charge is 2.00. The third-order valence-electron chi connectivity index (χ3n) is 1.80. The van der Waals surface area contributed by atoms with E-state index in [1.165, 1.54) is 6.08 Å². The largest absolute Gasteiger partial charge is 0.350 e. The summed E-state index contributed by atoms with van der Waals surface area (Å²) in [5.74, 6) is -0.147. The van der Waals surface area contributed by atoms with Gasteiger partial charge in [0.05, 0.1) is 0 Å². The zero-order chi connectivity index (χ0) is 12.1. The molecule has 0 saturated carbocycles. The summed E-state index contributed by atoms with van der Waals surface area (Å²) < 4.78 is 0. The minimum absolute atomic E-state index is 0.118. The number of amides is 1. The standard InChI is InChI=1S/C12H13Cl2NO/c1-8(2)15-12(16)6-3-9-7-10(13)4-5-11(9)14/h3-8H,1-2H3,(H,15,16)/b6-3+. The Kier molecular flexibility index (Phi) is 4.84. The van der Waals surface area contributed by atoms with Gasteiger partial charge in [-0.1, -0.05) is 23.2 Å². The number of hydrogen-bond acceptors (Lipinski definition) is 1. The number of carbonyl (C=O) groups excluding carboxylic acids is 1. The van der Waals surface area contributed by atoms with Crippen molar-refractivity contribution in [3.05, 3.63) is 39.9 Å². The lowest BCUT2D eigenvalue weighted by molar-refractivity contribution is -0.116. The Labute approximate surface area is 105 Å². The number of rotatable bonds is 3. The second-order valence-electron chi connectivity index (χ2n) is 3.66. The van der Waals surface area contributed by atoms with Crippen LogP contribution < -0.4 is 5.32 Å². The van der Waals surface area contributed by atoms with Crippen LogP contribution in [0, 0.1) is 0 Å². The van der Waals surface area contributed by atoms with E-state index in [2.05, 4.69) is 5.32 Å². The van der Waals surface area contributed by atoms with Crippen LogP contribution in [0.3, 0.4) is 0 Å². The van der Waals surface area contributed by atoms with Gasteiger partial charge in [0.15, 0.2) is 0 Å². The summed E-state index contributed by atoms with van der Waals surface area (Å²) in [4.78, 5) is 11.3. The Morgan fingerprint density at radius 2 is 2.06 bits per heavy atom. The average molecular weight is 258 g/mol. The van der Waals surface area contributed by atoms with E-state index in [9.17, 15) is 4.79 Å². The molecule has 1 amide bonds. The van der Waals surface area contributed by atoms with Crippen LogP contribution in [-0.4, -0.2) is 11.9 Å². The van der Waals surface area contributed by atoms with Gasteiger partial charge >= 0.3 is 0 Å². The fourth-order valence-electron chi connectivity index (χ4n) is 1.14. The zero-order valence-corrected chi connectivity index (χ0v) is 10.6. The van der Waals surface area contributed by atoms with Crippen molar-refractivity contribution in [2.24, 2.45) is 0 Å². The maximum absolute atomic E-state index is 11.3. The van der Waals surface area contributed by atoms with E-state index in [4.69, 9.17) is 23.2 Å². The molecule has 1 aromatic rings. The molecule has 0 saturated heterocycles.